The maximum absolute atomic E-state index is 12.4. The van der Waals surface area contributed by atoms with Gasteiger partial charge in [-0.2, -0.15) is 0 Å². The Morgan fingerprint density at radius 3 is 2.60 bits per heavy atom. The van der Waals surface area contributed by atoms with E-state index in [-0.39, 0.29) is 11.8 Å². The topological polar surface area (TPSA) is 99.6 Å². The van der Waals surface area contributed by atoms with Crippen molar-refractivity contribution in [3.05, 3.63) is 59.5 Å². The van der Waals surface area contributed by atoms with E-state index >= 15 is 0 Å². The van der Waals surface area contributed by atoms with Gasteiger partial charge in [-0.1, -0.05) is 24.3 Å². The highest BCUT2D eigenvalue weighted by Gasteiger charge is 2.21. The lowest BCUT2D eigenvalue weighted by molar-refractivity contribution is 0.0920. The van der Waals surface area contributed by atoms with E-state index in [1.807, 2.05) is 49.4 Å². The highest BCUT2D eigenvalue weighted by molar-refractivity contribution is 5.90. The summed E-state index contributed by atoms with van der Waals surface area (Å²) in [7, 11) is 3.17. The number of methoxy groups -OCH3 is 2. The first-order chi connectivity index (χ1) is 14.6. The molecule has 1 N–H and O–H groups in total. The van der Waals surface area contributed by atoms with E-state index in [9.17, 15) is 4.79 Å². The van der Waals surface area contributed by atoms with Crippen LogP contribution in [-0.2, 0) is 6.42 Å². The normalized spacial score (nSPS) is 10.9. The van der Waals surface area contributed by atoms with Crippen molar-refractivity contribution in [3.63, 3.8) is 0 Å². The fourth-order valence-electron chi connectivity index (χ4n) is 3.22. The summed E-state index contributed by atoms with van der Waals surface area (Å²) in [6.07, 6.45) is 0.607. The van der Waals surface area contributed by atoms with Crippen molar-refractivity contribution < 1.29 is 23.1 Å². The van der Waals surface area contributed by atoms with Gasteiger partial charge in [-0.25, -0.2) is 0 Å². The molecule has 0 spiro atoms. The number of rotatable bonds is 7. The van der Waals surface area contributed by atoms with Crippen LogP contribution in [0.3, 0.4) is 0 Å². The third-order valence-electron chi connectivity index (χ3n) is 4.80. The summed E-state index contributed by atoms with van der Waals surface area (Å²) in [6.45, 7) is 2.31. The van der Waals surface area contributed by atoms with Crippen molar-refractivity contribution in [3.8, 4) is 23.1 Å². The Labute approximate surface area is 172 Å². The Balaban J connectivity index is 1.41. The number of nitrogens with one attached hydrogen (secondary N) is 1. The van der Waals surface area contributed by atoms with Crippen LogP contribution >= 0.6 is 0 Å². The molecule has 2 aromatic heterocycles. The summed E-state index contributed by atoms with van der Waals surface area (Å²) in [4.78, 5) is 12.4. The number of aryl methyl sites for hydroxylation is 1. The molecule has 0 aliphatic heterocycles. The highest BCUT2D eigenvalue weighted by atomic mass is 16.5. The number of para-hydroxylation sites is 1. The lowest BCUT2D eigenvalue weighted by atomic mass is 10.1. The van der Waals surface area contributed by atoms with Crippen LogP contribution in [-0.4, -0.2) is 36.9 Å². The van der Waals surface area contributed by atoms with Gasteiger partial charge in [0.1, 0.15) is 5.58 Å². The Kier molecular flexibility index (Phi) is 5.38. The first-order valence-electron chi connectivity index (χ1n) is 9.42. The number of fused-ring (bicyclic) bond motifs is 1. The molecule has 0 fully saturated rings. The van der Waals surface area contributed by atoms with E-state index in [1.54, 1.807) is 14.2 Å². The van der Waals surface area contributed by atoms with Gasteiger partial charge in [0.05, 0.1) is 14.2 Å². The standard InChI is InChI=1S/C22H21N3O5/c1-13-15-6-4-5-7-16(15)29-19(13)21-24-25-22(30-21)20(26)23-11-10-14-8-9-17(27-2)18(12-14)28-3/h4-9,12H,10-11H2,1-3H3,(H,23,26). The molecular formula is C22H21N3O5. The summed E-state index contributed by atoms with van der Waals surface area (Å²) >= 11 is 0. The molecule has 1 amide bonds. The third-order valence-corrected chi connectivity index (χ3v) is 4.80. The van der Waals surface area contributed by atoms with Crippen LogP contribution in [0.25, 0.3) is 22.6 Å². The Hall–Kier alpha value is -3.81. The van der Waals surface area contributed by atoms with Gasteiger partial charge < -0.3 is 23.6 Å². The van der Waals surface area contributed by atoms with Gasteiger partial charge in [-0.3, -0.25) is 4.79 Å². The molecule has 0 aliphatic rings. The number of carbonyl (C=O) groups is 1. The molecule has 0 saturated carbocycles. The largest absolute Gasteiger partial charge is 0.493 e. The highest BCUT2D eigenvalue weighted by Crippen LogP contribution is 2.32. The number of nitrogens with zero attached hydrogens (tertiary/aromatic N) is 2. The molecule has 8 nitrogen and oxygen atoms in total. The molecule has 0 aliphatic carbocycles. The Bertz CT molecular complexity index is 1190. The smallest absolute Gasteiger partial charge is 0.308 e. The average molecular weight is 407 g/mol. The number of hydrogen-bond acceptors (Lipinski definition) is 7. The van der Waals surface area contributed by atoms with Crippen molar-refractivity contribution in [2.75, 3.05) is 20.8 Å². The number of ether oxygens (including phenoxy) is 2. The minimum Gasteiger partial charge on any atom is -0.493 e. The van der Waals surface area contributed by atoms with Crippen LogP contribution < -0.4 is 14.8 Å². The molecule has 0 radical (unpaired) electrons. The predicted molar refractivity (Wildman–Crippen MR) is 110 cm³/mol. The molecule has 0 unspecified atom stereocenters. The number of benzene rings is 2. The molecule has 0 atom stereocenters. The zero-order valence-corrected chi connectivity index (χ0v) is 16.9. The summed E-state index contributed by atoms with van der Waals surface area (Å²) in [5.74, 6) is 1.38. The van der Waals surface area contributed by atoms with E-state index in [0.717, 1.165) is 22.1 Å². The fourth-order valence-corrected chi connectivity index (χ4v) is 3.22. The fraction of sp³-hybridized carbons (Fsp3) is 0.227. The first-order valence-corrected chi connectivity index (χ1v) is 9.42. The van der Waals surface area contributed by atoms with Crippen molar-refractivity contribution in [2.24, 2.45) is 0 Å². The maximum atomic E-state index is 12.4. The zero-order valence-electron chi connectivity index (χ0n) is 16.9. The van der Waals surface area contributed by atoms with Crippen molar-refractivity contribution in [1.29, 1.82) is 0 Å². The lowest BCUT2D eigenvalue weighted by Crippen LogP contribution is -2.26. The van der Waals surface area contributed by atoms with Gasteiger partial charge >= 0.3 is 11.8 Å². The minimum atomic E-state index is -0.442. The van der Waals surface area contributed by atoms with Crippen LogP contribution in [0.5, 0.6) is 11.5 Å². The van der Waals surface area contributed by atoms with Crippen LogP contribution in [0.2, 0.25) is 0 Å². The molecule has 8 heteroatoms. The van der Waals surface area contributed by atoms with Crippen LogP contribution in [0.1, 0.15) is 21.8 Å². The molecule has 4 rings (SSSR count). The van der Waals surface area contributed by atoms with Gasteiger partial charge in [0, 0.05) is 17.5 Å². The van der Waals surface area contributed by atoms with Crippen molar-refractivity contribution in [2.45, 2.75) is 13.3 Å². The molecule has 154 valence electrons. The van der Waals surface area contributed by atoms with E-state index in [1.165, 1.54) is 0 Å². The maximum Gasteiger partial charge on any atom is 0.308 e. The van der Waals surface area contributed by atoms with Crippen LogP contribution in [0, 0.1) is 6.92 Å². The molecule has 4 aromatic rings. The van der Waals surface area contributed by atoms with Crippen molar-refractivity contribution >= 4 is 16.9 Å². The van der Waals surface area contributed by atoms with E-state index in [0.29, 0.717) is 30.2 Å². The average Bonchev–Trinajstić information content (AvgIpc) is 3.39. The second kappa shape index (κ2) is 8.28. The third kappa shape index (κ3) is 3.71. The van der Waals surface area contributed by atoms with E-state index in [4.69, 9.17) is 18.3 Å². The molecule has 2 aromatic carbocycles. The number of furan rings is 1. The van der Waals surface area contributed by atoms with Gasteiger partial charge in [-0.15, -0.1) is 10.2 Å². The minimum absolute atomic E-state index is 0.114. The van der Waals surface area contributed by atoms with E-state index in [2.05, 4.69) is 15.5 Å². The molecule has 0 saturated heterocycles. The molecule has 30 heavy (non-hydrogen) atoms. The lowest BCUT2D eigenvalue weighted by Gasteiger charge is -2.09. The quantitative estimate of drug-likeness (QED) is 0.498. The zero-order chi connectivity index (χ0) is 21.1. The van der Waals surface area contributed by atoms with Gasteiger partial charge in [-0.05, 0) is 37.1 Å². The monoisotopic (exact) mass is 407 g/mol. The Morgan fingerprint density at radius 1 is 1.03 bits per heavy atom. The van der Waals surface area contributed by atoms with Gasteiger partial charge in [0.15, 0.2) is 17.3 Å². The second-order valence-corrected chi connectivity index (χ2v) is 6.66. The number of aromatic nitrogens is 2. The number of hydrogen-bond donors (Lipinski definition) is 1. The SMILES string of the molecule is COc1ccc(CCNC(=O)c2nnc(-c3oc4ccccc4c3C)o2)cc1OC. The predicted octanol–water partition coefficient (Wildman–Crippen LogP) is 3.78. The Morgan fingerprint density at radius 2 is 1.83 bits per heavy atom. The second-order valence-electron chi connectivity index (χ2n) is 6.66. The first kappa shape index (κ1) is 19.5. The van der Waals surface area contributed by atoms with Crippen LogP contribution in [0.15, 0.2) is 51.3 Å². The summed E-state index contributed by atoms with van der Waals surface area (Å²) < 4.78 is 21.9. The van der Waals surface area contributed by atoms with Gasteiger partial charge in [0.2, 0.25) is 0 Å². The summed E-state index contributed by atoms with van der Waals surface area (Å²) in [5.41, 5.74) is 2.61. The molecule has 2 heterocycles. The molecule has 0 bridgehead atoms. The summed E-state index contributed by atoms with van der Waals surface area (Å²) in [6, 6.07) is 13.3. The van der Waals surface area contributed by atoms with Gasteiger partial charge in [0.25, 0.3) is 5.89 Å². The number of carbonyl (C=O) groups excluding carboxylic acids is 1. The summed E-state index contributed by atoms with van der Waals surface area (Å²) in [5, 5.41) is 11.6. The van der Waals surface area contributed by atoms with Crippen molar-refractivity contribution in [1.82, 2.24) is 15.5 Å². The molecular weight excluding hydrogens is 386 g/mol. The van der Waals surface area contributed by atoms with Crippen LogP contribution in [0.4, 0.5) is 0 Å². The number of amides is 1. The van der Waals surface area contributed by atoms with E-state index < -0.39 is 5.91 Å².